The first-order valence-corrected chi connectivity index (χ1v) is 5.18. The molecule has 82 valence electrons. The van der Waals surface area contributed by atoms with E-state index >= 15 is 0 Å². The van der Waals surface area contributed by atoms with Gasteiger partial charge in [-0.3, -0.25) is 0 Å². The van der Waals surface area contributed by atoms with Crippen molar-refractivity contribution < 1.29 is 9.90 Å². The molecule has 0 aliphatic heterocycles. The van der Waals surface area contributed by atoms with Gasteiger partial charge in [0.2, 0.25) is 0 Å². The van der Waals surface area contributed by atoms with Crippen LogP contribution < -0.4 is 0 Å². The van der Waals surface area contributed by atoms with Crippen LogP contribution in [-0.4, -0.2) is 54.2 Å². The number of amides is 2. The minimum Gasteiger partial charge on any atom is -0.393 e. The maximum absolute atomic E-state index is 11.6. The Morgan fingerprint density at radius 1 is 1.36 bits per heavy atom. The largest absolute Gasteiger partial charge is 0.393 e. The Labute approximate surface area is 85.5 Å². The molecule has 14 heavy (non-hydrogen) atoms. The maximum Gasteiger partial charge on any atom is 0.319 e. The molecule has 1 aliphatic carbocycles. The Hall–Kier alpha value is -0.770. The van der Waals surface area contributed by atoms with Gasteiger partial charge in [0.05, 0.1) is 6.10 Å². The molecule has 0 aromatic carbocycles. The van der Waals surface area contributed by atoms with Gasteiger partial charge in [0, 0.05) is 27.2 Å². The molecule has 4 heteroatoms. The van der Waals surface area contributed by atoms with Gasteiger partial charge in [0.15, 0.2) is 0 Å². The monoisotopic (exact) mass is 200 g/mol. The van der Waals surface area contributed by atoms with Crippen LogP contribution >= 0.6 is 0 Å². The second-order valence-corrected chi connectivity index (χ2v) is 4.17. The highest BCUT2D eigenvalue weighted by Crippen LogP contribution is 2.27. The molecule has 1 fully saturated rings. The first-order valence-electron chi connectivity index (χ1n) is 5.18. The van der Waals surface area contributed by atoms with Crippen LogP contribution in [0.3, 0.4) is 0 Å². The van der Waals surface area contributed by atoms with Gasteiger partial charge < -0.3 is 14.9 Å². The lowest BCUT2D eigenvalue weighted by molar-refractivity contribution is 0.0307. The van der Waals surface area contributed by atoms with Crippen molar-refractivity contribution in [2.45, 2.75) is 25.9 Å². The van der Waals surface area contributed by atoms with Gasteiger partial charge in [-0.05, 0) is 25.7 Å². The summed E-state index contributed by atoms with van der Waals surface area (Å²) in [4.78, 5) is 15.0. The fraction of sp³-hybridized carbons (Fsp3) is 0.900. The summed E-state index contributed by atoms with van der Waals surface area (Å²) in [5, 5.41) is 9.11. The van der Waals surface area contributed by atoms with Gasteiger partial charge in [0.25, 0.3) is 0 Å². The second kappa shape index (κ2) is 4.64. The molecule has 1 N–H and O–H groups in total. The average molecular weight is 200 g/mol. The molecule has 0 bridgehead atoms. The van der Waals surface area contributed by atoms with E-state index in [0.717, 1.165) is 25.9 Å². The molecule has 0 radical (unpaired) electrons. The van der Waals surface area contributed by atoms with Gasteiger partial charge in [-0.2, -0.15) is 0 Å². The van der Waals surface area contributed by atoms with Crippen LogP contribution in [0.25, 0.3) is 0 Å². The van der Waals surface area contributed by atoms with E-state index in [-0.39, 0.29) is 12.1 Å². The van der Waals surface area contributed by atoms with Crippen LogP contribution in [0, 0.1) is 5.92 Å². The summed E-state index contributed by atoms with van der Waals surface area (Å²) in [5.74, 6) is 0.490. The zero-order valence-electron chi connectivity index (χ0n) is 9.23. The maximum atomic E-state index is 11.6. The quantitative estimate of drug-likeness (QED) is 0.731. The van der Waals surface area contributed by atoms with Gasteiger partial charge in [-0.1, -0.05) is 0 Å². The fourth-order valence-electron chi connectivity index (χ4n) is 1.74. The van der Waals surface area contributed by atoms with E-state index in [1.54, 1.807) is 16.8 Å². The summed E-state index contributed by atoms with van der Waals surface area (Å²) in [6.45, 7) is 3.45. The van der Waals surface area contributed by atoms with Crippen LogP contribution in [-0.2, 0) is 0 Å². The molecular weight excluding hydrogens is 180 g/mol. The molecular formula is C10H20N2O2. The number of aliphatic hydroxyl groups excluding tert-OH is 1. The summed E-state index contributed by atoms with van der Waals surface area (Å²) in [6.07, 6.45) is 1.55. The number of aliphatic hydroxyl groups is 1. The highest BCUT2D eigenvalue weighted by atomic mass is 16.3. The van der Waals surface area contributed by atoms with Crippen LogP contribution in [0.1, 0.15) is 19.8 Å². The lowest BCUT2D eigenvalue weighted by Crippen LogP contribution is -2.44. The highest BCUT2D eigenvalue weighted by molar-refractivity contribution is 5.73. The average Bonchev–Trinajstić information content (AvgIpc) is 2.12. The lowest BCUT2D eigenvalue weighted by atomic mass is 9.82. The summed E-state index contributed by atoms with van der Waals surface area (Å²) in [7, 11) is 3.62. The van der Waals surface area contributed by atoms with E-state index in [9.17, 15) is 4.79 Å². The Morgan fingerprint density at radius 3 is 2.36 bits per heavy atom. The third-order valence-corrected chi connectivity index (χ3v) is 2.87. The predicted molar refractivity (Wildman–Crippen MR) is 55.1 cm³/mol. The van der Waals surface area contributed by atoms with E-state index < -0.39 is 0 Å². The fourth-order valence-corrected chi connectivity index (χ4v) is 1.74. The van der Waals surface area contributed by atoms with Crippen molar-refractivity contribution in [1.82, 2.24) is 9.80 Å². The van der Waals surface area contributed by atoms with Crippen molar-refractivity contribution in [2.75, 3.05) is 27.2 Å². The molecule has 0 aromatic rings. The van der Waals surface area contributed by atoms with Crippen molar-refractivity contribution in [3.8, 4) is 0 Å². The zero-order valence-corrected chi connectivity index (χ0v) is 9.23. The molecule has 0 heterocycles. The van der Waals surface area contributed by atoms with Gasteiger partial charge in [0.1, 0.15) is 0 Å². The minimum absolute atomic E-state index is 0.0638. The van der Waals surface area contributed by atoms with Crippen LogP contribution in [0.2, 0.25) is 0 Å². The Bertz CT molecular complexity index is 202. The molecule has 2 amide bonds. The summed E-state index contributed by atoms with van der Waals surface area (Å²) in [5.41, 5.74) is 0. The number of carbonyl (C=O) groups is 1. The van der Waals surface area contributed by atoms with E-state index in [0.29, 0.717) is 5.92 Å². The molecule has 0 atom stereocenters. The Balaban J connectivity index is 2.27. The molecule has 0 unspecified atom stereocenters. The molecule has 1 rings (SSSR count). The van der Waals surface area contributed by atoms with E-state index in [4.69, 9.17) is 5.11 Å². The molecule has 0 aromatic heterocycles. The molecule has 1 aliphatic rings. The normalized spacial score (nSPS) is 25.4. The van der Waals surface area contributed by atoms with Gasteiger partial charge >= 0.3 is 6.03 Å². The third kappa shape index (κ3) is 2.61. The third-order valence-electron chi connectivity index (χ3n) is 2.87. The van der Waals surface area contributed by atoms with E-state index in [1.165, 1.54) is 0 Å². The summed E-state index contributed by atoms with van der Waals surface area (Å²) >= 11 is 0. The van der Waals surface area contributed by atoms with E-state index in [1.807, 2.05) is 14.0 Å². The number of carbonyl (C=O) groups excluding carboxylic acids is 1. The van der Waals surface area contributed by atoms with Crippen molar-refractivity contribution >= 4 is 6.03 Å². The first kappa shape index (κ1) is 11.3. The van der Waals surface area contributed by atoms with Crippen LogP contribution in [0.15, 0.2) is 0 Å². The van der Waals surface area contributed by atoms with Crippen molar-refractivity contribution in [2.24, 2.45) is 5.92 Å². The van der Waals surface area contributed by atoms with E-state index in [2.05, 4.69) is 0 Å². The Kier molecular flexibility index (Phi) is 3.75. The van der Waals surface area contributed by atoms with Gasteiger partial charge in [-0.25, -0.2) is 4.79 Å². The van der Waals surface area contributed by atoms with Crippen molar-refractivity contribution in [3.05, 3.63) is 0 Å². The second-order valence-electron chi connectivity index (χ2n) is 4.17. The number of nitrogens with zero attached hydrogens (tertiary/aromatic N) is 2. The molecule has 1 saturated carbocycles. The SMILES string of the molecule is CCN(C)C(=O)N(C)CC1CC(O)C1. The predicted octanol–water partition coefficient (Wildman–Crippen LogP) is 0.761. The number of urea groups is 1. The zero-order chi connectivity index (χ0) is 10.7. The van der Waals surface area contributed by atoms with Crippen molar-refractivity contribution in [1.29, 1.82) is 0 Å². The number of hydrogen-bond acceptors (Lipinski definition) is 2. The van der Waals surface area contributed by atoms with Crippen LogP contribution in [0.5, 0.6) is 0 Å². The first-order chi connectivity index (χ1) is 6.54. The molecule has 4 nitrogen and oxygen atoms in total. The summed E-state index contributed by atoms with van der Waals surface area (Å²) in [6, 6.07) is 0.0638. The molecule has 0 saturated heterocycles. The number of hydrogen-bond donors (Lipinski definition) is 1. The Morgan fingerprint density at radius 2 is 1.93 bits per heavy atom. The standard InChI is InChI=1S/C10H20N2O2/c1-4-11(2)10(14)12(3)7-8-5-9(13)6-8/h8-9,13H,4-7H2,1-3H3. The highest BCUT2D eigenvalue weighted by Gasteiger charge is 2.29. The van der Waals surface area contributed by atoms with Crippen molar-refractivity contribution in [3.63, 3.8) is 0 Å². The molecule has 0 spiro atoms. The van der Waals surface area contributed by atoms with Gasteiger partial charge in [-0.15, -0.1) is 0 Å². The summed E-state index contributed by atoms with van der Waals surface area (Å²) < 4.78 is 0. The number of rotatable bonds is 3. The smallest absolute Gasteiger partial charge is 0.319 e. The minimum atomic E-state index is -0.132. The van der Waals surface area contributed by atoms with Crippen LogP contribution in [0.4, 0.5) is 4.79 Å². The topological polar surface area (TPSA) is 43.8 Å². The lowest BCUT2D eigenvalue weighted by Gasteiger charge is -2.35.